The fourth-order valence-corrected chi connectivity index (χ4v) is 1.84. The van der Waals surface area contributed by atoms with Crippen LogP contribution in [0.25, 0.3) is 0 Å². The minimum atomic E-state index is 0.741. The van der Waals surface area contributed by atoms with Gasteiger partial charge in [-0.2, -0.15) is 0 Å². The van der Waals surface area contributed by atoms with Crippen LogP contribution in [0.15, 0.2) is 12.1 Å². The summed E-state index contributed by atoms with van der Waals surface area (Å²) in [6.07, 6.45) is 3.11. The van der Waals surface area contributed by atoms with E-state index in [2.05, 4.69) is 13.0 Å². The van der Waals surface area contributed by atoms with Gasteiger partial charge in [-0.05, 0) is 49.9 Å². The van der Waals surface area contributed by atoms with Crippen LogP contribution in [0.5, 0.6) is 11.5 Å². The molecule has 0 fully saturated rings. The lowest BCUT2D eigenvalue weighted by molar-refractivity contribution is 0.351. The molecule has 0 saturated carbocycles. The minimum Gasteiger partial charge on any atom is -0.493 e. The molecule has 2 N–H and O–H groups in total. The third kappa shape index (κ3) is 3.14. The summed E-state index contributed by atoms with van der Waals surface area (Å²) in [6, 6.07) is 4.14. The Morgan fingerprint density at radius 2 is 1.88 bits per heavy atom. The molecule has 0 heterocycles. The van der Waals surface area contributed by atoms with Crippen LogP contribution in [0.4, 0.5) is 0 Å². The molecule has 3 heteroatoms. The second-order valence-corrected chi connectivity index (χ2v) is 3.91. The van der Waals surface area contributed by atoms with Crippen molar-refractivity contribution in [1.29, 1.82) is 0 Å². The molecule has 0 amide bonds. The SMILES string of the molecule is COc1cc(C)cc(CCCCN)c1OC. The normalized spacial score (nSPS) is 10.2. The van der Waals surface area contributed by atoms with Gasteiger partial charge in [-0.25, -0.2) is 0 Å². The van der Waals surface area contributed by atoms with Crippen molar-refractivity contribution < 1.29 is 9.47 Å². The van der Waals surface area contributed by atoms with Gasteiger partial charge in [-0.3, -0.25) is 0 Å². The van der Waals surface area contributed by atoms with E-state index < -0.39 is 0 Å². The zero-order chi connectivity index (χ0) is 12.0. The Morgan fingerprint density at radius 1 is 1.12 bits per heavy atom. The predicted molar refractivity (Wildman–Crippen MR) is 66.3 cm³/mol. The molecule has 0 aliphatic heterocycles. The molecule has 0 atom stereocenters. The Kier molecular flexibility index (Phi) is 5.12. The summed E-state index contributed by atoms with van der Waals surface area (Å²) < 4.78 is 10.7. The van der Waals surface area contributed by atoms with E-state index in [1.807, 2.05) is 6.07 Å². The van der Waals surface area contributed by atoms with Crippen LogP contribution in [-0.4, -0.2) is 20.8 Å². The van der Waals surface area contributed by atoms with Gasteiger partial charge in [-0.15, -0.1) is 0 Å². The average molecular weight is 223 g/mol. The van der Waals surface area contributed by atoms with Crippen molar-refractivity contribution in [3.8, 4) is 11.5 Å². The lowest BCUT2D eigenvalue weighted by atomic mass is 10.0. The molecule has 0 bridgehead atoms. The van der Waals surface area contributed by atoms with Gasteiger partial charge in [0.25, 0.3) is 0 Å². The molecule has 0 saturated heterocycles. The Morgan fingerprint density at radius 3 is 2.44 bits per heavy atom. The number of nitrogens with two attached hydrogens (primary N) is 1. The van der Waals surface area contributed by atoms with Crippen molar-refractivity contribution >= 4 is 0 Å². The van der Waals surface area contributed by atoms with Gasteiger partial charge in [-0.1, -0.05) is 6.07 Å². The summed E-state index contributed by atoms with van der Waals surface area (Å²) in [6.45, 7) is 2.81. The van der Waals surface area contributed by atoms with E-state index in [9.17, 15) is 0 Å². The Labute approximate surface area is 97.6 Å². The molecule has 0 radical (unpaired) electrons. The van der Waals surface area contributed by atoms with Gasteiger partial charge >= 0.3 is 0 Å². The molecular formula is C13H21NO2. The zero-order valence-electron chi connectivity index (χ0n) is 10.4. The molecule has 1 aromatic rings. The number of hydrogen-bond acceptors (Lipinski definition) is 3. The van der Waals surface area contributed by atoms with Gasteiger partial charge < -0.3 is 15.2 Å². The highest BCUT2D eigenvalue weighted by atomic mass is 16.5. The third-order valence-corrected chi connectivity index (χ3v) is 2.60. The van der Waals surface area contributed by atoms with Crippen molar-refractivity contribution in [1.82, 2.24) is 0 Å². The first-order valence-electron chi connectivity index (χ1n) is 5.64. The number of rotatable bonds is 6. The Balaban J connectivity index is 2.91. The number of hydrogen-bond donors (Lipinski definition) is 1. The van der Waals surface area contributed by atoms with E-state index in [0.717, 1.165) is 37.3 Å². The monoisotopic (exact) mass is 223 g/mol. The topological polar surface area (TPSA) is 44.5 Å². The van der Waals surface area contributed by atoms with Crippen LogP contribution >= 0.6 is 0 Å². The van der Waals surface area contributed by atoms with Gasteiger partial charge in [0.05, 0.1) is 14.2 Å². The minimum absolute atomic E-state index is 0.741. The number of aryl methyl sites for hydroxylation is 2. The molecule has 3 nitrogen and oxygen atoms in total. The van der Waals surface area contributed by atoms with Crippen LogP contribution in [0.2, 0.25) is 0 Å². The molecule has 16 heavy (non-hydrogen) atoms. The van der Waals surface area contributed by atoms with Gasteiger partial charge in [0.2, 0.25) is 0 Å². The smallest absolute Gasteiger partial charge is 0.163 e. The van der Waals surface area contributed by atoms with E-state index in [1.165, 1.54) is 11.1 Å². The summed E-state index contributed by atoms with van der Waals surface area (Å²) in [5.74, 6) is 1.66. The number of unbranched alkanes of at least 4 members (excludes halogenated alkanes) is 1. The van der Waals surface area contributed by atoms with Crippen LogP contribution in [0.1, 0.15) is 24.0 Å². The maximum Gasteiger partial charge on any atom is 0.163 e. The highest BCUT2D eigenvalue weighted by Gasteiger charge is 2.10. The van der Waals surface area contributed by atoms with Crippen molar-refractivity contribution in [2.45, 2.75) is 26.2 Å². The lowest BCUT2D eigenvalue weighted by Crippen LogP contribution is -2.01. The number of methoxy groups -OCH3 is 2. The lowest BCUT2D eigenvalue weighted by Gasteiger charge is -2.13. The van der Waals surface area contributed by atoms with Gasteiger partial charge in [0, 0.05) is 0 Å². The van der Waals surface area contributed by atoms with Crippen LogP contribution in [-0.2, 0) is 6.42 Å². The summed E-state index contributed by atoms with van der Waals surface area (Å²) >= 11 is 0. The van der Waals surface area contributed by atoms with Crippen molar-refractivity contribution in [2.24, 2.45) is 5.73 Å². The summed E-state index contributed by atoms with van der Waals surface area (Å²) in [5.41, 5.74) is 7.89. The van der Waals surface area contributed by atoms with Crippen molar-refractivity contribution in [2.75, 3.05) is 20.8 Å². The third-order valence-electron chi connectivity index (χ3n) is 2.60. The molecule has 0 aliphatic rings. The molecule has 0 unspecified atom stereocenters. The Bertz CT molecular complexity index is 337. The van der Waals surface area contributed by atoms with E-state index in [4.69, 9.17) is 15.2 Å². The quantitative estimate of drug-likeness (QED) is 0.753. The van der Waals surface area contributed by atoms with Crippen LogP contribution < -0.4 is 15.2 Å². The van der Waals surface area contributed by atoms with Gasteiger partial charge in [0.1, 0.15) is 0 Å². The zero-order valence-corrected chi connectivity index (χ0v) is 10.4. The van der Waals surface area contributed by atoms with Crippen LogP contribution in [0.3, 0.4) is 0 Å². The van der Waals surface area contributed by atoms with E-state index in [0.29, 0.717) is 0 Å². The first kappa shape index (κ1) is 12.8. The summed E-state index contributed by atoms with van der Waals surface area (Å²) in [5, 5.41) is 0. The predicted octanol–water partition coefficient (Wildman–Crippen LogP) is 2.29. The molecule has 0 aliphatic carbocycles. The van der Waals surface area contributed by atoms with Crippen molar-refractivity contribution in [3.05, 3.63) is 23.3 Å². The van der Waals surface area contributed by atoms with E-state index in [1.54, 1.807) is 14.2 Å². The number of benzene rings is 1. The maximum absolute atomic E-state index is 5.49. The fourth-order valence-electron chi connectivity index (χ4n) is 1.84. The number of ether oxygens (including phenoxy) is 2. The van der Waals surface area contributed by atoms with E-state index in [-0.39, 0.29) is 0 Å². The first-order chi connectivity index (χ1) is 7.72. The molecule has 1 aromatic carbocycles. The molecule has 90 valence electrons. The summed E-state index contributed by atoms with van der Waals surface area (Å²) in [7, 11) is 3.35. The summed E-state index contributed by atoms with van der Waals surface area (Å²) in [4.78, 5) is 0. The fraction of sp³-hybridized carbons (Fsp3) is 0.538. The standard InChI is InChI=1S/C13H21NO2/c1-10-8-11(6-4-5-7-14)13(16-3)12(9-10)15-2/h8-9H,4-7,14H2,1-3H3. The van der Waals surface area contributed by atoms with Gasteiger partial charge in [0.15, 0.2) is 11.5 Å². The molecule has 0 spiro atoms. The first-order valence-corrected chi connectivity index (χ1v) is 5.64. The molecular weight excluding hydrogens is 202 g/mol. The largest absolute Gasteiger partial charge is 0.493 e. The maximum atomic E-state index is 5.49. The second kappa shape index (κ2) is 6.38. The molecule has 0 aromatic heterocycles. The highest BCUT2D eigenvalue weighted by molar-refractivity contribution is 5.49. The van der Waals surface area contributed by atoms with Crippen LogP contribution in [0, 0.1) is 6.92 Å². The molecule has 1 rings (SSSR count). The van der Waals surface area contributed by atoms with Crippen molar-refractivity contribution in [3.63, 3.8) is 0 Å². The highest BCUT2D eigenvalue weighted by Crippen LogP contribution is 2.33. The van der Waals surface area contributed by atoms with E-state index >= 15 is 0 Å². The average Bonchev–Trinajstić information content (AvgIpc) is 2.28. The Hall–Kier alpha value is -1.22. The second-order valence-electron chi connectivity index (χ2n) is 3.91.